The van der Waals surface area contributed by atoms with E-state index in [-0.39, 0.29) is 6.10 Å². The van der Waals surface area contributed by atoms with Crippen LogP contribution in [0.2, 0.25) is 0 Å². The lowest BCUT2D eigenvalue weighted by atomic mass is 10.0. The Morgan fingerprint density at radius 1 is 1.21 bits per heavy atom. The average molecular weight is 394 g/mol. The molecule has 0 radical (unpaired) electrons. The van der Waals surface area contributed by atoms with E-state index in [1.807, 2.05) is 13.2 Å². The zero-order valence-corrected chi connectivity index (χ0v) is 17.5. The molecule has 6 nitrogen and oxygen atoms in total. The zero-order valence-electron chi connectivity index (χ0n) is 17.5. The van der Waals surface area contributed by atoms with Crippen LogP contribution in [0, 0.1) is 6.92 Å². The van der Waals surface area contributed by atoms with Crippen molar-refractivity contribution in [3.8, 4) is 0 Å². The molecule has 1 aromatic heterocycles. The number of hydrogen-bond donors (Lipinski definition) is 1. The van der Waals surface area contributed by atoms with E-state index < -0.39 is 0 Å². The van der Waals surface area contributed by atoms with Crippen molar-refractivity contribution in [3.05, 3.63) is 59.3 Å². The summed E-state index contributed by atoms with van der Waals surface area (Å²) in [6, 6.07) is 12.7. The van der Waals surface area contributed by atoms with Gasteiger partial charge in [0.15, 0.2) is 5.96 Å². The molecule has 1 atom stereocenters. The minimum Gasteiger partial charge on any atom is -0.370 e. The third-order valence-electron chi connectivity index (χ3n) is 5.80. The van der Waals surface area contributed by atoms with Crippen molar-refractivity contribution in [2.45, 2.75) is 32.4 Å². The van der Waals surface area contributed by atoms with Gasteiger partial charge in [-0.05, 0) is 48.6 Å². The summed E-state index contributed by atoms with van der Waals surface area (Å²) in [5.74, 6) is 2.01. The fourth-order valence-electron chi connectivity index (χ4n) is 4.18. The van der Waals surface area contributed by atoms with Gasteiger partial charge < -0.3 is 19.9 Å². The first-order chi connectivity index (χ1) is 14.2. The summed E-state index contributed by atoms with van der Waals surface area (Å²) in [5, 5.41) is 3.53. The van der Waals surface area contributed by atoms with Gasteiger partial charge in [-0.2, -0.15) is 0 Å². The quantitative estimate of drug-likeness (QED) is 0.639. The Bertz CT molecular complexity index is 847. The lowest BCUT2D eigenvalue weighted by molar-refractivity contribution is -0.00833. The maximum absolute atomic E-state index is 6.07. The first-order valence-corrected chi connectivity index (χ1v) is 10.6. The molecule has 2 fully saturated rings. The molecule has 4 rings (SSSR count). The van der Waals surface area contributed by atoms with Crippen molar-refractivity contribution in [2.24, 2.45) is 4.99 Å². The Morgan fingerprint density at radius 2 is 2.03 bits per heavy atom. The molecule has 1 aromatic carbocycles. The van der Waals surface area contributed by atoms with Crippen LogP contribution in [0.25, 0.3) is 0 Å². The van der Waals surface area contributed by atoms with E-state index in [4.69, 9.17) is 4.74 Å². The van der Waals surface area contributed by atoms with Gasteiger partial charge >= 0.3 is 0 Å². The Hall–Kier alpha value is -2.60. The fourth-order valence-corrected chi connectivity index (χ4v) is 4.18. The summed E-state index contributed by atoms with van der Waals surface area (Å²) in [4.78, 5) is 13.7. The maximum Gasteiger partial charge on any atom is 0.194 e. The number of anilines is 1. The number of aromatic nitrogens is 1. The molecule has 2 saturated heterocycles. The molecule has 2 aromatic rings. The van der Waals surface area contributed by atoms with Crippen LogP contribution in [-0.2, 0) is 11.3 Å². The van der Waals surface area contributed by atoms with Gasteiger partial charge in [0.1, 0.15) is 11.9 Å². The Balaban J connectivity index is 1.39. The monoisotopic (exact) mass is 393 g/mol. The van der Waals surface area contributed by atoms with E-state index >= 15 is 0 Å². The highest BCUT2D eigenvalue weighted by Crippen LogP contribution is 2.25. The lowest BCUT2D eigenvalue weighted by Crippen LogP contribution is -2.48. The number of aryl methyl sites for hydroxylation is 1. The second-order valence-electron chi connectivity index (χ2n) is 7.78. The largest absolute Gasteiger partial charge is 0.370 e. The van der Waals surface area contributed by atoms with Gasteiger partial charge in [0.25, 0.3) is 0 Å². The number of rotatable bonds is 4. The predicted molar refractivity (Wildman–Crippen MR) is 117 cm³/mol. The van der Waals surface area contributed by atoms with Crippen LogP contribution in [-0.4, -0.2) is 55.7 Å². The number of pyridine rings is 1. The summed E-state index contributed by atoms with van der Waals surface area (Å²) >= 11 is 0. The van der Waals surface area contributed by atoms with Gasteiger partial charge in [0.05, 0.1) is 13.2 Å². The number of aliphatic imine (C=N–C) groups is 1. The fraction of sp³-hybridized carbons (Fsp3) is 0.478. The van der Waals surface area contributed by atoms with E-state index in [1.54, 1.807) is 0 Å². The first kappa shape index (κ1) is 19.7. The number of morpholine rings is 1. The van der Waals surface area contributed by atoms with Crippen LogP contribution >= 0.6 is 0 Å². The van der Waals surface area contributed by atoms with Crippen molar-refractivity contribution >= 4 is 11.8 Å². The molecule has 2 aliphatic heterocycles. The van der Waals surface area contributed by atoms with Gasteiger partial charge in [-0.1, -0.05) is 24.3 Å². The predicted octanol–water partition coefficient (Wildman–Crippen LogP) is 3.14. The minimum atomic E-state index is 0.0752. The Kier molecular flexibility index (Phi) is 6.30. The van der Waals surface area contributed by atoms with Crippen LogP contribution in [0.1, 0.15) is 35.6 Å². The summed E-state index contributed by atoms with van der Waals surface area (Å²) < 4.78 is 6.07. The zero-order chi connectivity index (χ0) is 20.1. The molecule has 1 unspecified atom stereocenters. The first-order valence-electron chi connectivity index (χ1n) is 10.6. The summed E-state index contributed by atoms with van der Waals surface area (Å²) in [6.45, 7) is 7.46. The summed E-state index contributed by atoms with van der Waals surface area (Å²) in [5.41, 5.74) is 3.76. The van der Waals surface area contributed by atoms with Gasteiger partial charge in [-0.15, -0.1) is 0 Å². The molecular weight excluding hydrogens is 362 g/mol. The maximum atomic E-state index is 6.07. The highest BCUT2D eigenvalue weighted by atomic mass is 16.5. The summed E-state index contributed by atoms with van der Waals surface area (Å²) in [7, 11) is 1.85. The van der Waals surface area contributed by atoms with Gasteiger partial charge in [-0.25, -0.2) is 4.98 Å². The minimum absolute atomic E-state index is 0.0752. The molecule has 29 heavy (non-hydrogen) atoms. The molecule has 6 heteroatoms. The van der Waals surface area contributed by atoms with Crippen LogP contribution < -0.4 is 10.2 Å². The van der Waals surface area contributed by atoms with Crippen molar-refractivity contribution in [1.82, 2.24) is 15.2 Å². The molecule has 154 valence electrons. The number of nitrogens with zero attached hydrogens (tertiary/aromatic N) is 4. The molecule has 2 aliphatic rings. The third-order valence-corrected chi connectivity index (χ3v) is 5.80. The normalized spacial score (nSPS) is 20.2. The third kappa shape index (κ3) is 4.70. The molecule has 0 spiro atoms. The molecule has 0 amide bonds. The number of ether oxygens (including phenoxy) is 1. The number of hydrogen-bond acceptors (Lipinski definition) is 4. The molecule has 0 saturated carbocycles. The van der Waals surface area contributed by atoms with Crippen molar-refractivity contribution < 1.29 is 4.74 Å². The molecule has 3 heterocycles. The van der Waals surface area contributed by atoms with Crippen LogP contribution in [0.15, 0.2) is 47.6 Å². The van der Waals surface area contributed by atoms with E-state index in [2.05, 4.69) is 68.4 Å². The van der Waals surface area contributed by atoms with E-state index in [9.17, 15) is 0 Å². The van der Waals surface area contributed by atoms with Crippen molar-refractivity contribution in [2.75, 3.05) is 44.7 Å². The van der Waals surface area contributed by atoms with Crippen molar-refractivity contribution in [1.29, 1.82) is 0 Å². The van der Waals surface area contributed by atoms with Crippen LogP contribution in [0.5, 0.6) is 0 Å². The average Bonchev–Trinajstić information content (AvgIpc) is 3.30. The molecular formula is C23H31N5O. The van der Waals surface area contributed by atoms with E-state index in [0.717, 1.165) is 44.5 Å². The van der Waals surface area contributed by atoms with E-state index in [0.29, 0.717) is 6.61 Å². The second kappa shape index (κ2) is 9.27. The molecule has 1 N–H and O–H groups in total. The van der Waals surface area contributed by atoms with Gasteiger partial charge in [0, 0.05) is 39.4 Å². The van der Waals surface area contributed by atoms with E-state index in [1.165, 1.54) is 29.5 Å². The topological polar surface area (TPSA) is 53.0 Å². The van der Waals surface area contributed by atoms with Crippen LogP contribution in [0.3, 0.4) is 0 Å². The highest BCUT2D eigenvalue weighted by Gasteiger charge is 2.25. The Morgan fingerprint density at radius 3 is 2.83 bits per heavy atom. The second-order valence-corrected chi connectivity index (χ2v) is 7.78. The van der Waals surface area contributed by atoms with Gasteiger partial charge in [0.2, 0.25) is 0 Å². The number of guanidine groups is 1. The Labute approximate surface area is 173 Å². The summed E-state index contributed by atoms with van der Waals surface area (Å²) in [6.07, 6.45) is 4.51. The van der Waals surface area contributed by atoms with Crippen LogP contribution in [0.4, 0.5) is 5.82 Å². The van der Waals surface area contributed by atoms with Gasteiger partial charge in [-0.3, -0.25) is 4.99 Å². The molecule has 0 bridgehead atoms. The lowest BCUT2D eigenvalue weighted by Gasteiger charge is -2.35. The number of benzene rings is 1. The number of nitrogens with one attached hydrogen (secondary N) is 1. The van der Waals surface area contributed by atoms with Crippen molar-refractivity contribution in [3.63, 3.8) is 0 Å². The smallest absolute Gasteiger partial charge is 0.194 e. The standard InChI is InChI=1S/C23H31N5O/c1-18-7-3-4-8-20(18)21-17-28(13-14-29-21)23(24-2)26-16-19-9-10-25-22(15-19)27-11-5-6-12-27/h3-4,7-10,15,21H,5-6,11-14,16-17H2,1-2H3,(H,24,26). The SMILES string of the molecule is CN=C(NCc1ccnc(N2CCCC2)c1)N1CCOC(c2ccccc2C)C1. The molecule has 0 aliphatic carbocycles. The highest BCUT2D eigenvalue weighted by molar-refractivity contribution is 5.80.